The van der Waals surface area contributed by atoms with Gasteiger partial charge in [0, 0.05) is 24.1 Å². The quantitative estimate of drug-likeness (QED) is 0.731. The lowest BCUT2D eigenvalue weighted by atomic mass is 10.1. The number of nitrogens with one attached hydrogen (secondary N) is 1. The summed E-state index contributed by atoms with van der Waals surface area (Å²) in [5, 5.41) is 0. The van der Waals surface area contributed by atoms with Crippen molar-refractivity contribution < 1.29 is 22.0 Å². The van der Waals surface area contributed by atoms with Crippen LogP contribution in [-0.4, -0.2) is 38.6 Å². The van der Waals surface area contributed by atoms with Crippen LogP contribution in [0.25, 0.3) is 0 Å². The highest BCUT2D eigenvalue weighted by Gasteiger charge is 2.24. The van der Waals surface area contributed by atoms with E-state index in [2.05, 4.69) is 4.72 Å². The fourth-order valence-corrected chi connectivity index (χ4v) is 4.71. The van der Waals surface area contributed by atoms with Gasteiger partial charge in [-0.3, -0.25) is 9.52 Å². The van der Waals surface area contributed by atoms with E-state index in [1.165, 1.54) is 23.9 Å². The Hall–Kier alpha value is -2.13. The number of hydrogen-bond acceptors (Lipinski definition) is 4. The fourth-order valence-electron chi connectivity index (χ4n) is 3.06. The maximum absolute atomic E-state index is 13.4. The molecule has 0 radical (unpaired) electrons. The van der Waals surface area contributed by atoms with Gasteiger partial charge in [0.15, 0.2) is 11.6 Å². The first kappa shape index (κ1) is 20.6. The Labute approximate surface area is 167 Å². The average Bonchev–Trinajstić information content (AvgIpc) is 2.70. The van der Waals surface area contributed by atoms with Crippen LogP contribution in [0.3, 0.4) is 0 Å². The Bertz CT molecular complexity index is 991. The molecule has 1 fully saturated rings. The molecule has 0 atom stereocenters. The van der Waals surface area contributed by atoms with E-state index in [-0.39, 0.29) is 16.5 Å². The monoisotopic (exact) mass is 426 g/mol. The molecule has 2 aromatic carbocycles. The third-order valence-electron chi connectivity index (χ3n) is 4.53. The molecule has 1 heterocycles. The van der Waals surface area contributed by atoms with Crippen molar-refractivity contribution in [3.8, 4) is 0 Å². The van der Waals surface area contributed by atoms with E-state index in [0.717, 1.165) is 37.5 Å². The van der Waals surface area contributed by atoms with Crippen molar-refractivity contribution in [2.24, 2.45) is 0 Å². The Morgan fingerprint density at radius 3 is 2.39 bits per heavy atom. The summed E-state index contributed by atoms with van der Waals surface area (Å²) in [7, 11) is -4.07. The highest BCUT2D eigenvalue weighted by molar-refractivity contribution is 7.98. The Morgan fingerprint density at radius 1 is 1.04 bits per heavy atom. The van der Waals surface area contributed by atoms with Crippen LogP contribution in [-0.2, 0) is 10.0 Å². The van der Waals surface area contributed by atoms with Gasteiger partial charge in [-0.15, -0.1) is 11.8 Å². The van der Waals surface area contributed by atoms with Gasteiger partial charge in [-0.1, -0.05) is 0 Å². The van der Waals surface area contributed by atoms with Crippen LogP contribution in [0.4, 0.5) is 14.5 Å². The molecule has 0 unspecified atom stereocenters. The lowest BCUT2D eigenvalue weighted by Crippen LogP contribution is -2.36. The smallest absolute Gasteiger partial charge is 0.261 e. The van der Waals surface area contributed by atoms with Crippen molar-refractivity contribution >= 4 is 33.4 Å². The first-order valence-electron chi connectivity index (χ1n) is 8.77. The molecule has 2 aromatic rings. The first-order chi connectivity index (χ1) is 13.3. The van der Waals surface area contributed by atoms with Crippen molar-refractivity contribution in [3.05, 3.63) is 53.6 Å². The highest BCUT2D eigenvalue weighted by Crippen LogP contribution is 2.27. The topological polar surface area (TPSA) is 66.5 Å². The van der Waals surface area contributed by atoms with Crippen molar-refractivity contribution in [1.82, 2.24) is 4.90 Å². The second kappa shape index (κ2) is 8.48. The van der Waals surface area contributed by atoms with Crippen LogP contribution in [0.15, 0.2) is 46.2 Å². The number of amides is 1. The first-order valence-corrected chi connectivity index (χ1v) is 11.5. The van der Waals surface area contributed by atoms with Gasteiger partial charge in [0.1, 0.15) is 0 Å². The van der Waals surface area contributed by atoms with E-state index < -0.39 is 21.7 Å². The molecule has 0 spiro atoms. The maximum atomic E-state index is 13.4. The Morgan fingerprint density at radius 2 is 1.75 bits per heavy atom. The molecule has 28 heavy (non-hydrogen) atoms. The summed E-state index contributed by atoms with van der Waals surface area (Å²) in [6.07, 6.45) is 4.74. The third-order valence-corrected chi connectivity index (χ3v) is 6.70. The summed E-state index contributed by atoms with van der Waals surface area (Å²) in [4.78, 5) is 15.2. The minimum absolute atomic E-state index is 0.100. The Kier molecular flexibility index (Phi) is 6.24. The number of piperidine rings is 1. The van der Waals surface area contributed by atoms with E-state index in [0.29, 0.717) is 23.5 Å². The molecule has 1 saturated heterocycles. The molecule has 1 amide bonds. The standard InChI is InChI=1S/C19H20F2N2O3S2/c1-27-18-8-6-14(12-15(18)19(24)23-9-3-2-4-10-23)28(25,26)22-13-5-7-16(20)17(21)11-13/h5-8,11-12,22H,2-4,9-10H2,1H3. The summed E-state index contributed by atoms with van der Waals surface area (Å²) in [5.41, 5.74) is 0.222. The zero-order chi connectivity index (χ0) is 20.3. The number of anilines is 1. The summed E-state index contributed by atoms with van der Waals surface area (Å²) < 4.78 is 54.0. The lowest BCUT2D eigenvalue weighted by Gasteiger charge is -2.27. The number of halogens is 2. The van der Waals surface area contributed by atoms with Crippen molar-refractivity contribution in [1.29, 1.82) is 0 Å². The van der Waals surface area contributed by atoms with Gasteiger partial charge in [0.25, 0.3) is 15.9 Å². The molecule has 1 N–H and O–H groups in total. The van der Waals surface area contributed by atoms with Crippen LogP contribution < -0.4 is 4.72 Å². The zero-order valence-electron chi connectivity index (χ0n) is 15.2. The van der Waals surface area contributed by atoms with E-state index in [1.807, 2.05) is 6.26 Å². The number of benzene rings is 2. The largest absolute Gasteiger partial charge is 0.339 e. The molecule has 150 valence electrons. The van der Waals surface area contributed by atoms with Crippen LogP contribution in [0.5, 0.6) is 0 Å². The highest BCUT2D eigenvalue weighted by atomic mass is 32.2. The van der Waals surface area contributed by atoms with Crippen LogP contribution in [0.1, 0.15) is 29.6 Å². The molecule has 0 aromatic heterocycles. The predicted octanol–water partition coefficient (Wildman–Crippen LogP) is 4.11. The van der Waals surface area contributed by atoms with E-state index in [9.17, 15) is 22.0 Å². The van der Waals surface area contributed by atoms with Gasteiger partial charge < -0.3 is 4.90 Å². The van der Waals surface area contributed by atoms with Crippen LogP contribution in [0, 0.1) is 11.6 Å². The van der Waals surface area contributed by atoms with E-state index in [1.54, 1.807) is 11.0 Å². The molecule has 1 aliphatic heterocycles. The maximum Gasteiger partial charge on any atom is 0.261 e. The Balaban J connectivity index is 1.92. The van der Waals surface area contributed by atoms with Crippen molar-refractivity contribution in [3.63, 3.8) is 0 Å². The predicted molar refractivity (Wildman–Crippen MR) is 105 cm³/mol. The summed E-state index contributed by atoms with van der Waals surface area (Å²) in [5.74, 6) is -2.42. The molecular weight excluding hydrogens is 406 g/mol. The van der Waals surface area contributed by atoms with Crippen molar-refractivity contribution in [2.45, 2.75) is 29.1 Å². The van der Waals surface area contributed by atoms with Crippen LogP contribution >= 0.6 is 11.8 Å². The molecule has 0 saturated carbocycles. The minimum atomic E-state index is -4.07. The normalized spacial score (nSPS) is 14.8. The minimum Gasteiger partial charge on any atom is -0.339 e. The molecular formula is C19H20F2N2O3S2. The van der Waals surface area contributed by atoms with Crippen molar-refractivity contribution in [2.75, 3.05) is 24.1 Å². The van der Waals surface area contributed by atoms with Gasteiger partial charge in [-0.2, -0.15) is 0 Å². The van der Waals surface area contributed by atoms with Crippen LogP contribution in [0.2, 0.25) is 0 Å². The molecule has 0 bridgehead atoms. The number of rotatable bonds is 5. The number of nitrogens with zero attached hydrogens (tertiary/aromatic N) is 1. The number of likely N-dealkylation sites (tertiary alicyclic amines) is 1. The molecule has 5 nitrogen and oxygen atoms in total. The van der Waals surface area contributed by atoms with Gasteiger partial charge in [-0.05, 0) is 55.9 Å². The second-order valence-corrected chi connectivity index (χ2v) is 8.98. The van der Waals surface area contributed by atoms with E-state index in [4.69, 9.17) is 0 Å². The number of thioether (sulfide) groups is 1. The second-order valence-electron chi connectivity index (χ2n) is 6.45. The fraction of sp³-hybridized carbons (Fsp3) is 0.316. The lowest BCUT2D eigenvalue weighted by molar-refractivity contribution is 0.0720. The number of hydrogen-bond donors (Lipinski definition) is 1. The van der Waals surface area contributed by atoms with Gasteiger partial charge >= 0.3 is 0 Å². The van der Waals surface area contributed by atoms with Gasteiger partial charge in [0.2, 0.25) is 0 Å². The zero-order valence-corrected chi connectivity index (χ0v) is 16.9. The SMILES string of the molecule is CSc1ccc(S(=O)(=O)Nc2ccc(F)c(F)c2)cc1C(=O)N1CCCCC1. The third kappa shape index (κ3) is 4.47. The number of sulfonamides is 1. The summed E-state index contributed by atoms with van der Waals surface area (Å²) >= 11 is 1.36. The molecule has 3 rings (SSSR count). The summed E-state index contributed by atoms with van der Waals surface area (Å²) in [6, 6.07) is 7.05. The molecule has 1 aliphatic rings. The number of carbonyl (C=O) groups excluding carboxylic acids is 1. The molecule has 0 aliphatic carbocycles. The van der Waals surface area contributed by atoms with E-state index >= 15 is 0 Å². The molecule has 9 heteroatoms. The van der Waals surface area contributed by atoms with Gasteiger partial charge in [0.05, 0.1) is 16.1 Å². The van der Waals surface area contributed by atoms with Gasteiger partial charge in [-0.25, -0.2) is 17.2 Å². The average molecular weight is 427 g/mol. The number of carbonyl (C=O) groups is 1. The summed E-state index contributed by atoms with van der Waals surface area (Å²) in [6.45, 7) is 1.30.